The highest BCUT2D eigenvalue weighted by atomic mass is 15.2. The molecule has 5 aromatic carbocycles. The van der Waals surface area contributed by atoms with Crippen LogP contribution in [-0.4, -0.2) is 6.04 Å². The maximum atomic E-state index is 2.43. The van der Waals surface area contributed by atoms with Crippen LogP contribution in [0.1, 0.15) is 63.3 Å². The molecule has 0 bridgehead atoms. The Morgan fingerprint density at radius 1 is 0.640 bits per heavy atom. The SMILES string of the molecule is C/C=C(\C=C/c1ccc(-c2ccc(N(/C(C)=C/C=C\CC)C(C)/C=C(\C=C(/C)c3ccccc3)c3ccccc3)cc2)cc1)c1ccccc1. The summed E-state index contributed by atoms with van der Waals surface area (Å²) in [5, 5.41) is 0. The first kappa shape index (κ1) is 35.6. The third kappa shape index (κ3) is 9.71. The van der Waals surface area contributed by atoms with Gasteiger partial charge in [0, 0.05) is 17.4 Å². The summed E-state index contributed by atoms with van der Waals surface area (Å²) in [6.45, 7) is 10.9. The van der Waals surface area contributed by atoms with Crippen LogP contribution in [0.4, 0.5) is 5.69 Å². The number of benzene rings is 5. The Morgan fingerprint density at radius 2 is 1.16 bits per heavy atom. The van der Waals surface area contributed by atoms with Crippen molar-refractivity contribution in [1.82, 2.24) is 0 Å². The van der Waals surface area contributed by atoms with Crippen molar-refractivity contribution in [3.05, 3.63) is 210 Å². The molecule has 1 atom stereocenters. The molecule has 5 aromatic rings. The number of rotatable bonds is 13. The highest BCUT2D eigenvalue weighted by Gasteiger charge is 2.16. The molecule has 250 valence electrons. The van der Waals surface area contributed by atoms with Gasteiger partial charge in [0.2, 0.25) is 0 Å². The predicted octanol–water partition coefficient (Wildman–Crippen LogP) is 13.7. The van der Waals surface area contributed by atoms with Gasteiger partial charge in [-0.05, 0) is 102 Å². The average Bonchev–Trinajstić information content (AvgIpc) is 3.16. The van der Waals surface area contributed by atoms with Crippen molar-refractivity contribution in [2.45, 2.75) is 47.1 Å². The van der Waals surface area contributed by atoms with E-state index in [1.807, 2.05) is 0 Å². The van der Waals surface area contributed by atoms with Gasteiger partial charge in [-0.3, -0.25) is 0 Å². The first-order valence-corrected chi connectivity index (χ1v) is 17.7. The topological polar surface area (TPSA) is 3.24 Å². The molecule has 0 saturated carbocycles. The Hall–Kier alpha value is -5.66. The molecule has 0 amide bonds. The Morgan fingerprint density at radius 3 is 1.70 bits per heavy atom. The molecule has 0 fully saturated rings. The van der Waals surface area contributed by atoms with Crippen LogP contribution >= 0.6 is 0 Å². The van der Waals surface area contributed by atoms with Gasteiger partial charge in [0.1, 0.15) is 0 Å². The molecule has 1 heteroatoms. The van der Waals surface area contributed by atoms with Gasteiger partial charge in [0.15, 0.2) is 0 Å². The van der Waals surface area contributed by atoms with Crippen LogP contribution in [0.25, 0.3) is 33.9 Å². The smallest absolute Gasteiger partial charge is 0.0499 e. The fourth-order valence-corrected chi connectivity index (χ4v) is 6.17. The Kier molecular flexibility index (Phi) is 13.0. The zero-order valence-electron chi connectivity index (χ0n) is 30.1. The maximum Gasteiger partial charge on any atom is 0.0499 e. The second-order valence-electron chi connectivity index (χ2n) is 12.5. The van der Waals surface area contributed by atoms with E-state index in [1.165, 1.54) is 55.8 Å². The lowest BCUT2D eigenvalue weighted by molar-refractivity contribution is 0.821. The molecule has 50 heavy (non-hydrogen) atoms. The molecule has 5 rings (SSSR count). The quantitative estimate of drug-likeness (QED) is 0.115. The number of hydrogen-bond donors (Lipinski definition) is 0. The Labute approximate surface area is 300 Å². The van der Waals surface area contributed by atoms with E-state index in [0.717, 1.165) is 12.1 Å². The molecule has 0 N–H and O–H groups in total. The van der Waals surface area contributed by atoms with E-state index >= 15 is 0 Å². The van der Waals surface area contributed by atoms with Gasteiger partial charge in [-0.2, -0.15) is 0 Å². The third-order valence-corrected chi connectivity index (χ3v) is 8.89. The van der Waals surface area contributed by atoms with Crippen molar-refractivity contribution in [3.8, 4) is 11.1 Å². The fraction of sp³-hybridized carbons (Fsp3) is 0.143. The minimum atomic E-state index is 0.0891. The zero-order chi connectivity index (χ0) is 35.1. The normalized spacial score (nSPS) is 13.6. The Balaban J connectivity index is 1.43. The molecular formula is C49H49N. The molecule has 0 aliphatic heterocycles. The van der Waals surface area contributed by atoms with Gasteiger partial charge in [0.25, 0.3) is 0 Å². The minimum absolute atomic E-state index is 0.0891. The van der Waals surface area contributed by atoms with E-state index in [1.54, 1.807) is 0 Å². The van der Waals surface area contributed by atoms with Gasteiger partial charge in [-0.25, -0.2) is 0 Å². The number of hydrogen-bond acceptors (Lipinski definition) is 1. The van der Waals surface area contributed by atoms with Gasteiger partial charge in [-0.1, -0.05) is 177 Å². The molecule has 0 radical (unpaired) electrons. The Bertz CT molecular complexity index is 1970. The maximum absolute atomic E-state index is 2.43. The zero-order valence-corrected chi connectivity index (χ0v) is 30.1. The van der Waals surface area contributed by atoms with E-state index in [9.17, 15) is 0 Å². The summed E-state index contributed by atoms with van der Waals surface area (Å²) < 4.78 is 0. The molecule has 1 nitrogen and oxygen atoms in total. The lowest BCUT2D eigenvalue weighted by atomic mass is 9.97. The van der Waals surface area contributed by atoms with Crippen LogP contribution in [0.3, 0.4) is 0 Å². The summed E-state index contributed by atoms with van der Waals surface area (Å²) in [6, 6.07) is 49.7. The molecule has 0 aliphatic rings. The first-order valence-electron chi connectivity index (χ1n) is 17.7. The lowest BCUT2D eigenvalue weighted by Crippen LogP contribution is -2.30. The summed E-state index contributed by atoms with van der Waals surface area (Å²) in [5.41, 5.74) is 13.2. The minimum Gasteiger partial charge on any atom is -0.339 e. The predicted molar refractivity (Wildman–Crippen MR) is 221 cm³/mol. The van der Waals surface area contributed by atoms with Gasteiger partial charge >= 0.3 is 0 Å². The van der Waals surface area contributed by atoms with Gasteiger partial charge in [0.05, 0.1) is 0 Å². The van der Waals surface area contributed by atoms with Crippen molar-refractivity contribution in [3.63, 3.8) is 0 Å². The molecule has 0 aliphatic carbocycles. The second kappa shape index (κ2) is 18.2. The van der Waals surface area contributed by atoms with Gasteiger partial charge < -0.3 is 4.90 Å². The average molecular weight is 652 g/mol. The molecule has 0 aromatic heterocycles. The van der Waals surface area contributed by atoms with Crippen LogP contribution in [0.5, 0.6) is 0 Å². The van der Waals surface area contributed by atoms with Crippen LogP contribution in [0.15, 0.2) is 188 Å². The molecular weight excluding hydrogens is 603 g/mol. The number of anilines is 1. The van der Waals surface area contributed by atoms with Crippen LogP contribution in [0, 0.1) is 0 Å². The summed E-state index contributed by atoms with van der Waals surface area (Å²) in [7, 11) is 0. The summed E-state index contributed by atoms with van der Waals surface area (Å²) in [4.78, 5) is 2.43. The first-order chi connectivity index (χ1) is 24.5. The fourth-order valence-electron chi connectivity index (χ4n) is 6.17. The molecule has 0 heterocycles. The van der Waals surface area contributed by atoms with Crippen molar-refractivity contribution in [1.29, 1.82) is 0 Å². The molecule has 0 saturated heterocycles. The standard InChI is InChI=1S/C49H49N/c1-6-8-12-19-39(4)50(40(5)37-48(45-24-17-11-18-25-45)36-38(3)43-20-13-9-14-21-43)49-34-32-47(33-35-49)46-30-27-41(28-31-46)26-29-42(7-2)44-22-15-10-16-23-44/h7-37,40H,6H2,1-5H3/b12-8-,29-26-,38-36+,39-19+,42-7+,48-37+. The highest BCUT2D eigenvalue weighted by Crippen LogP contribution is 2.30. The largest absolute Gasteiger partial charge is 0.339 e. The van der Waals surface area contributed by atoms with Crippen molar-refractivity contribution in [2.75, 3.05) is 4.90 Å². The van der Waals surface area contributed by atoms with Gasteiger partial charge in [-0.15, -0.1) is 0 Å². The van der Waals surface area contributed by atoms with E-state index in [2.05, 4.69) is 228 Å². The van der Waals surface area contributed by atoms with Crippen LogP contribution < -0.4 is 4.90 Å². The van der Waals surface area contributed by atoms with Crippen molar-refractivity contribution < 1.29 is 0 Å². The number of allylic oxidation sites excluding steroid dienone is 10. The van der Waals surface area contributed by atoms with Crippen LogP contribution in [-0.2, 0) is 0 Å². The highest BCUT2D eigenvalue weighted by molar-refractivity contribution is 5.84. The molecule has 1 unspecified atom stereocenters. The summed E-state index contributed by atoms with van der Waals surface area (Å²) in [6.07, 6.45) is 18.8. The van der Waals surface area contributed by atoms with E-state index < -0.39 is 0 Å². The lowest BCUT2D eigenvalue weighted by Gasteiger charge is -2.31. The third-order valence-electron chi connectivity index (χ3n) is 8.89. The summed E-state index contributed by atoms with van der Waals surface area (Å²) in [5.74, 6) is 0. The molecule has 0 spiro atoms. The van der Waals surface area contributed by atoms with Crippen molar-refractivity contribution in [2.24, 2.45) is 0 Å². The van der Waals surface area contributed by atoms with E-state index in [-0.39, 0.29) is 6.04 Å². The van der Waals surface area contributed by atoms with Crippen molar-refractivity contribution >= 4 is 28.5 Å². The monoisotopic (exact) mass is 651 g/mol. The second-order valence-corrected chi connectivity index (χ2v) is 12.5. The summed E-state index contributed by atoms with van der Waals surface area (Å²) >= 11 is 0. The number of nitrogens with zero attached hydrogens (tertiary/aromatic N) is 1. The van der Waals surface area contributed by atoms with E-state index in [0.29, 0.717) is 0 Å². The van der Waals surface area contributed by atoms with E-state index in [4.69, 9.17) is 0 Å². The van der Waals surface area contributed by atoms with Crippen LogP contribution in [0.2, 0.25) is 0 Å².